The highest BCUT2D eigenvalue weighted by atomic mass is 16.5. The molecule has 0 radical (unpaired) electrons. The molecule has 176 valence electrons. The third-order valence-corrected chi connectivity index (χ3v) is 10.0. The van der Waals surface area contributed by atoms with E-state index in [0.29, 0.717) is 18.8 Å². The smallest absolute Gasteiger partial charge is 0.330 e. The quantitative estimate of drug-likeness (QED) is 0.541. The predicted molar refractivity (Wildman–Crippen MR) is 121 cm³/mol. The van der Waals surface area contributed by atoms with Crippen molar-refractivity contribution in [2.75, 3.05) is 19.7 Å². The number of likely N-dealkylation sites (tertiary alicyclic amines) is 1. The zero-order valence-electron chi connectivity index (χ0n) is 19.3. The first kappa shape index (κ1) is 20.3. The van der Waals surface area contributed by atoms with Crippen molar-refractivity contribution in [1.82, 2.24) is 4.90 Å². The molecule has 3 saturated carbocycles. The zero-order valence-corrected chi connectivity index (χ0v) is 19.3. The lowest BCUT2D eigenvalue weighted by molar-refractivity contribution is -0.218. The van der Waals surface area contributed by atoms with Gasteiger partial charge in [0.2, 0.25) is 0 Å². The summed E-state index contributed by atoms with van der Waals surface area (Å²) in [5, 5.41) is 23.4. The fraction of sp³-hybridized carbons (Fsp3) is 0.667. The molecule has 2 bridgehead atoms. The SMILES string of the molecule is CCOC(=O)/C=C1\CC[C@]12CC[C@@]1(O)[C@H]3Cc4ccc(O)c5c4[C@@]1(CCN3CC1CC1)[C@H]2O5. The lowest BCUT2D eigenvalue weighted by atomic mass is 9.40. The first-order valence-corrected chi connectivity index (χ1v) is 12.8. The van der Waals surface area contributed by atoms with Crippen molar-refractivity contribution in [3.05, 3.63) is 34.9 Å². The van der Waals surface area contributed by atoms with Crippen molar-refractivity contribution in [3.8, 4) is 11.5 Å². The molecule has 2 spiro atoms. The Bertz CT molecular complexity index is 1080. The highest BCUT2D eigenvalue weighted by Gasteiger charge is 2.77. The highest BCUT2D eigenvalue weighted by Crippen LogP contribution is 2.72. The van der Waals surface area contributed by atoms with E-state index in [4.69, 9.17) is 9.47 Å². The van der Waals surface area contributed by atoms with E-state index >= 15 is 0 Å². The Balaban J connectivity index is 1.38. The van der Waals surface area contributed by atoms with Gasteiger partial charge in [0, 0.05) is 29.6 Å². The molecule has 2 heterocycles. The second-order valence-corrected chi connectivity index (χ2v) is 11.3. The number of phenolic OH excluding ortho intramolecular Hbond substituents is 1. The number of nitrogens with zero attached hydrogens (tertiary/aromatic N) is 1. The van der Waals surface area contributed by atoms with E-state index in [0.717, 1.165) is 62.2 Å². The first-order valence-electron chi connectivity index (χ1n) is 12.8. The summed E-state index contributed by atoms with van der Waals surface area (Å²) < 4.78 is 11.9. The van der Waals surface area contributed by atoms with Crippen molar-refractivity contribution in [2.24, 2.45) is 11.3 Å². The summed E-state index contributed by atoms with van der Waals surface area (Å²) in [7, 11) is 0. The minimum absolute atomic E-state index is 0.0795. The van der Waals surface area contributed by atoms with Gasteiger partial charge in [-0.1, -0.05) is 11.6 Å². The first-order chi connectivity index (χ1) is 15.9. The van der Waals surface area contributed by atoms with Crippen LogP contribution in [0, 0.1) is 11.3 Å². The third kappa shape index (κ3) is 2.39. The van der Waals surface area contributed by atoms with Crippen LogP contribution in [-0.4, -0.2) is 58.5 Å². The molecule has 7 rings (SSSR count). The average molecular weight is 452 g/mol. The van der Waals surface area contributed by atoms with Gasteiger partial charge in [-0.2, -0.15) is 0 Å². The van der Waals surface area contributed by atoms with Crippen LogP contribution in [0.3, 0.4) is 0 Å². The summed E-state index contributed by atoms with van der Waals surface area (Å²) >= 11 is 0. The summed E-state index contributed by atoms with van der Waals surface area (Å²) in [4.78, 5) is 14.9. The van der Waals surface area contributed by atoms with Crippen LogP contribution in [0.25, 0.3) is 0 Å². The van der Waals surface area contributed by atoms with Crippen LogP contribution >= 0.6 is 0 Å². The summed E-state index contributed by atoms with van der Waals surface area (Å²) in [6.45, 7) is 4.21. The Morgan fingerprint density at radius 2 is 2.12 bits per heavy atom. The van der Waals surface area contributed by atoms with Gasteiger partial charge in [-0.25, -0.2) is 4.79 Å². The van der Waals surface area contributed by atoms with Crippen LogP contribution in [-0.2, 0) is 21.4 Å². The highest BCUT2D eigenvalue weighted by molar-refractivity contribution is 5.83. The van der Waals surface area contributed by atoms with E-state index < -0.39 is 11.0 Å². The number of rotatable bonds is 4. The molecule has 4 fully saturated rings. The molecule has 2 N–H and O–H groups in total. The maximum atomic E-state index is 12.6. The topological polar surface area (TPSA) is 79.2 Å². The van der Waals surface area contributed by atoms with Gasteiger partial charge in [0.1, 0.15) is 6.10 Å². The van der Waals surface area contributed by atoms with Crippen LogP contribution < -0.4 is 4.74 Å². The molecule has 2 aliphatic heterocycles. The summed E-state index contributed by atoms with van der Waals surface area (Å²) in [5.74, 6) is 1.23. The van der Waals surface area contributed by atoms with Crippen LogP contribution in [0.15, 0.2) is 23.8 Å². The van der Waals surface area contributed by atoms with Gasteiger partial charge in [-0.15, -0.1) is 0 Å². The number of carbonyl (C=O) groups is 1. The molecule has 0 amide bonds. The zero-order chi connectivity index (χ0) is 22.6. The van der Waals surface area contributed by atoms with Crippen molar-refractivity contribution in [3.63, 3.8) is 0 Å². The molecule has 0 unspecified atom stereocenters. The van der Waals surface area contributed by atoms with Crippen molar-refractivity contribution >= 4 is 5.97 Å². The number of fused-ring (bicyclic) bond motifs is 1. The van der Waals surface area contributed by atoms with Crippen LogP contribution in [0.5, 0.6) is 11.5 Å². The molecule has 6 nitrogen and oxygen atoms in total. The molecule has 0 aromatic heterocycles. The number of esters is 1. The molecule has 6 aliphatic rings. The Morgan fingerprint density at radius 3 is 2.85 bits per heavy atom. The van der Waals surface area contributed by atoms with Crippen molar-refractivity contribution < 1.29 is 24.5 Å². The van der Waals surface area contributed by atoms with Gasteiger partial charge in [-0.05, 0) is 82.4 Å². The van der Waals surface area contributed by atoms with Crippen molar-refractivity contribution in [2.45, 2.75) is 81.5 Å². The number of benzene rings is 1. The van der Waals surface area contributed by atoms with E-state index in [1.54, 1.807) is 12.1 Å². The van der Waals surface area contributed by atoms with Gasteiger partial charge < -0.3 is 19.7 Å². The third-order valence-electron chi connectivity index (χ3n) is 10.0. The van der Waals surface area contributed by atoms with Gasteiger partial charge in [0.25, 0.3) is 0 Å². The van der Waals surface area contributed by atoms with Gasteiger partial charge >= 0.3 is 5.97 Å². The van der Waals surface area contributed by atoms with E-state index in [2.05, 4.69) is 4.90 Å². The molecule has 33 heavy (non-hydrogen) atoms. The Morgan fingerprint density at radius 1 is 1.27 bits per heavy atom. The van der Waals surface area contributed by atoms with E-state index in [1.165, 1.54) is 18.4 Å². The van der Waals surface area contributed by atoms with Gasteiger partial charge in [-0.3, -0.25) is 4.90 Å². The van der Waals surface area contributed by atoms with E-state index in [9.17, 15) is 15.0 Å². The summed E-state index contributed by atoms with van der Waals surface area (Å²) in [6, 6.07) is 3.89. The number of ether oxygens (including phenoxy) is 2. The maximum absolute atomic E-state index is 12.6. The van der Waals surface area contributed by atoms with Gasteiger partial charge in [0.05, 0.1) is 17.6 Å². The summed E-state index contributed by atoms with van der Waals surface area (Å²) in [5.41, 5.74) is 1.67. The van der Waals surface area contributed by atoms with Crippen LogP contribution in [0.1, 0.15) is 63.0 Å². The Kier molecular flexibility index (Phi) is 4.03. The monoisotopic (exact) mass is 451 g/mol. The average Bonchev–Trinajstić information content (AvgIpc) is 3.52. The summed E-state index contributed by atoms with van der Waals surface area (Å²) in [6.07, 6.45) is 8.98. The normalized spacial score (nSPS) is 41.5. The van der Waals surface area contributed by atoms with Crippen LogP contribution in [0.4, 0.5) is 0 Å². The fourth-order valence-corrected chi connectivity index (χ4v) is 8.32. The standard InChI is InChI=1S/C27H33NO5/c1-2-32-21(30)14-18-7-8-25(18)9-10-27(31)20-13-17-5-6-19(29)23-22(17)26(27,24(25)33-23)11-12-28(20)15-16-3-4-16/h5-6,14,16,20,24,29,31H,2-4,7-13,15H2,1H3/b18-14+/t20-,24+,25+,26+,27-/m1/s1. The predicted octanol–water partition coefficient (Wildman–Crippen LogP) is 3.23. The van der Waals surface area contributed by atoms with E-state index in [-0.39, 0.29) is 29.3 Å². The molecule has 1 saturated heterocycles. The van der Waals surface area contributed by atoms with Crippen LogP contribution in [0.2, 0.25) is 0 Å². The molecular weight excluding hydrogens is 418 g/mol. The van der Waals surface area contributed by atoms with E-state index in [1.807, 2.05) is 13.0 Å². The number of phenols is 1. The fourth-order valence-electron chi connectivity index (χ4n) is 8.32. The van der Waals surface area contributed by atoms with Crippen molar-refractivity contribution in [1.29, 1.82) is 0 Å². The number of hydrogen-bond acceptors (Lipinski definition) is 6. The maximum Gasteiger partial charge on any atom is 0.330 e. The minimum atomic E-state index is -0.882. The largest absolute Gasteiger partial charge is 0.504 e. The molecular formula is C27H33NO5. The molecule has 4 aliphatic carbocycles. The number of aromatic hydroxyl groups is 1. The molecule has 1 aromatic rings. The second kappa shape index (κ2) is 6.54. The Labute approximate surface area is 194 Å². The van der Waals surface area contributed by atoms with Gasteiger partial charge in [0.15, 0.2) is 11.5 Å². The Hall–Kier alpha value is -2.05. The lowest BCUT2D eigenvalue weighted by Gasteiger charge is -2.68. The molecule has 1 aromatic carbocycles. The minimum Gasteiger partial charge on any atom is -0.504 e. The molecule has 5 atom stereocenters. The molecule has 6 heteroatoms. The number of piperidine rings is 1. The number of aliphatic hydroxyl groups is 1. The second-order valence-electron chi connectivity index (χ2n) is 11.3. The number of hydrogen-bond donors (Lipinski definition) is 2. The lowest BCUT2D eigenvalue weighted by Crippen LogP contribution is -2.78. The number of carbonyl (C=O) groups excluding carboxylic acids is 1.